The van der Waals surface area contributed by atoms with Gasteiger partial charge >= 0.3 is 68.8 Å². The summed E-state index contributed by atoms with van der Waals surface area (Å²) in [4.78, 5) is 90.9. The molecular formula is C54H111O35P9. The van der Waals surface area contributed by atoms with Gasteiger partial charge in [-0.05, 0) is 41.5 Å². The van der Waals surface area contributed by atoms with Crippen LogP contribution in [0.3, 0.4) is 0 Å². The van der Waals surface area contributed by atoms with Gasteiger partial charge in [0.25, 0.3) is 0 Å². The second-order valence-corrected chi connectivity index (χ2v) is 46.4. The van der Waals surface area contributed by atoms with Crippen LogP contribution in [0, 0.1) is 0 Å². The molecule has 27 atom stereocenters. The molecule has 0 saturated carbocycles. The molecular weight excluding hydrogens is 1490 g/mol. The Morgan fingerprint density at radius 2 is 0.459 bits per heavy atom. The van der Waals surface area contributed by atoms with Crippen molar-refractivity contribution < 1.29 is 163 Å². The third-order valence-electron chi connectivity index (χ3n) is 16.4. The van der Waals surface area contributed by atoms with Gasteiger partial charge in [-0.2, -0.15) is 0 Å². The summed E-state index contributed by atoms with van der Waals surface area (Å²) >= 11 is 0. The van der Waals surface area contributed by atoms with Crippen LogP contribution in [0.2, 0.25) is 0 Å². The van der Waals surface area contributed by atoms with Crippen molar-refractivity contribution in [1.82, 2.24) is 0 Å². The van der Waals surface area contributed by atoms with E-state index in [9.17, 15) is 85.1 Å². The summed E-state index contributed by atoms with van der Waals surface area (Å²) < 4.78 is 203. The lowest BCUT2D eigenvalue weighted by molar-refractivity contribution is -0.0317. The zero-order valence-electron chi connectivity index (χ0n) is 59.0. The van der Waals surface area contributed by atoms with Crippen LogP contribution in [0.4, 0.5) is 0 Å². The molecule has 44 heteroatoms. The summed E-state index contributed by atoms with van der Waals surface area (Å²) in [5, 5.41) is 0. The average Bonchev–Trinajstić information content (AvgIpc) is 1.66. The van der Waals surface area contributed by atoms with E-state index in [1.165, 1.54) is 27.7 Å². The minimum atomic E-state index is -4.73. The van der Waals surface area contributed by atoms with Gasteiger partial charge in [-0.1, -0.05) is 83.1 Å². The predicted octanol–water partition coefficient (Wildman–Crippen LogP) is 10.4. The standard InChI is InChI=1S/C24H48O16P4.C18H37O12P3.C12H26O7P2/c1-14(2)42(27,28)33-11-22-20(9-17(6)35-22)40-44(31,32)34-12-23-19(8-16(5)36-23)38-41(25,26)13-24-21(10-18(7)37-24)39-43(29,30)15(3)4;1-11(2)31(19,20)25-9-17-16(8-14(6)27-17)30-33(23,24)26-10-18-15(7-13(5)28-18)29-32(21,22)12(3)4;1-8(2)20(13,14)17-7-12-11(6-10(5)18-12)19-21(15,16)9(3)4/h14-24H,8-13H2,1-7H3,(H,25,26)(H,27,28)(H,29,30)(H,31,32);11-18H,7-10H2,1-6H3,(H,19,20)(H,21,22)(H,23,24);8-12H,6-7H2,1-5H3,(H,13,14)(H,15,16)/t16-,17-,18-,19-,20-,21-,22+,23+,24+;13-,14-,15-,16-,17+,18+;10-,11-,12+/m000/s1. The van der Waals surface area contributed by atoms with Crippen molar-refractivity contribution >= 4 is 68.8 Å². The number of phosphoric acid groups is 2. The average molecular weight is 1600 g/mol. The van der Waals surface area contributed by atoms with Gasteiger partial charge in [-0.15, -0.1) is 0 Å². The number of hydrogen-bond acceptors (Lipinski definition) is 26. The Kier molecular flexibility index (Phi) is 35.4. The maximum absolute atomic E-state index is 13.2. The Morgan fingerprint density at radius 1 is 0.276 bits per heavy atom. The first-order valence-corrected chi connectivity index (χ1v) is 47.4. The van der Waals surface area contributed by atoms with Crippen molar-refractivity contribution in [3.63, 3.8) is 0 Å². The number of hydrogen-bond donors (Lipinski definition) is 9. The van der Waals surface area contributed by atoms with Crippen LogP contribution in [0.15, 0.2) is 0 Å². The van der Waals surface area contributed by atoms with Gasteiger partial charge in [-0.25, -0.2) is 9.13 Å². The fraction of sp³-hybridized carbons (Fsp3) is 1.00. The van der Waals surface area contributed by atoms with Crippen LogP contribution >= 0.6 is 68.8 Å². The molecule has 98 heavy (non-hydrogen) atoms. The van der Waals surface area contributed by atoms with Gasteiger partial charge in [-0.3, -0.25) is 50.1 Å². The zero-order valence-corrected chi connectivity index (χ0v) is 67.1. The van der Waals surface area contributed by atoms with E-state index in [0.29, 0.717) is 12.8 Å². The van der Waals surface area contributed by atoms with E-state index in [-0.39, 0.29) is 76.0 Å². The zero-order chi connectivity index (χ0) is 74.9. The van der Waals surface area contributed by atoms with E-state index < -0.39 is 201 Å². The molecule has 0 spiro atoms. The van der Waals surface area contributed by atoms with Gasteiger partial charge < -0.3 is 104 Å². The van der Waals surface area contributed by atoms with E-state index in [0.717, 1.165) is 0 Å². The van der Waals surface area contributed by atoms with Crippen molar-refractivity contribution in [2.24, 2.45) is 0 Å². The largest absolute Gasteiger partial charge is 0.472 e. The first kappa shape index (κ1) is 91.4. The smallest absolute Gasteiger partial charge is 0.372 e. The van der Waals surface area contributed by atoms with Gasteiger partial charge in [0.15, 0.2) is 0 Å². The van der Waals surface area contributed by atoms with Crippen molar-refractivity contribution in [1.29, 1.82) is 0 Å². The SMILES string of the molecule is CC(C)P(=O)(O)OC[C@H]1O[C@@H](C)C[C@@H]1OP(=O)(O)C(C)C.CC(C)P(=O)(O)OC[C@H]1O[C@@H](C)C[C@@H]1OP(=O)(O)OC[C@H]1O[C@@H](C)C[C@@H]1OP(=O)(O)C(C)C.CC(C)P(=O)(O)OC[C@H]1O[C@@H](C)C[C@@H]1OP(=O)(O)OC[C@H]1O[C@@H](C)C[C@@H]1OP(=O)(O)C[C@H]1O[C@@H](C)C[C@@H]1OP(=O)(O)C(C)C. The Bertz CT molecular complexity index is 2960. The van der Waals surface area contributed by atoms with Gasteiger partial charge in [0.05, 0.1) is 140 Å². The molecule has 35 nitrogen and oxygen atoms in total. The molecule has 0 aromatic carbocycles. The molecule has 0 aromatic rings. The number of ether oxygens (including phenoxy) is 6. The van der Waals surface area contributed by atoms with Crippen LogP contribution in [-0.2, 0) is 119 Å². The highest BCUT2D eigenvalue weighted by molar-refractivity contribution is 7.55. The fourth-order valence-corrected chi connectivity index (χ4v) is 18.2. The van der Waals surface area contributed by atoms with Crippen molar-refractivity contribution in [2.75, 3.05) is 39.2 Å². The van der Waals surface area contributed by atoms with E-state index in [4.69, 9.17) is 78.2 Å². The van der Waals surface area contributed by atoms with E-state index >= 15 is 0 Å². The molecule has 6 rings (SSSR count). The normalized spacial score (nSPS) is 36.3. The van der Waals surface area contributed by atoms with Crippen LogP contribution in [0.1, 0.15) is 163 Å². The molecule has 6 heterocycles. The molecule has 9 N–H and O–H groups in total. The first-order chi connectivity index (χ1) is 44.6. The van der Waals surface area contributed by atoms with Crippen LogP contribution in [0.25, 0.3) is 0 Å². The molecule has 6 saturated heterocycles. The quantitative estimate of drug-likeness (QED) is 0.0266. The lowest BCUT2D eigenvalue weighted by Gasteiger charge is -2.27. The summed E-state index contributed by atoms with van der Waals surface area (Å²) in [6.07, 6.45) is -11.2. The summed E-state index contributed by atoms with van der Waals surface area (Å²) in [6, 6.07) is 0. The molecule has 6 aliphatic rings. The number of phosphoric ester groups is 2. The lowest BCUT2D eigenvalue weighted by Crippen LogP contribution is -2.32. The highest BCUT2D eigenvalue weighted by Gasteiger charge is 2.49. The van der Waals surface area contributed by atoms with Crippen LogP contribution < -0.4 is 0 Å². The minimum absolute atomic E-state index is 0.140. The van der Waals surface area contributed by atoms with Gasteiger partial charge in [0, 0.05) is 38.5 Å². The second kappa shape index (κ2) is 37.9. The Hall–Kier alpha value is 1.03. The molecule has 0 bridgehead atoms. The monoisotopic (exact) mass is 1600 g/mol. The Morgan fingerprint density at radius 3 is 0.684 bits per heavy atom. The minimum Gasteiger partial charge on any atom is -0.372 e. The fourth-order valence-electron chi connectivity index (χ4n) is 10.2. The molecule has 0 amide bonds. The van der Waals surface area contributed by atoms with Crippen molar-refractivity contribution in [3.8, 4) is 0 Å². The molecule has 9 unspecified atom stereocenters. The highest BCUT2D eigenvalue weighted by atomic mass is 31.2. The van der Waals surface area contributed by atoms with E-state index in [1.54, 1.807) is 90.0 Å². The van der Waals surface area contributed by atoms with Crippen LogP contribution in [0.5, 0.6) is 0 Å². The van der Waals surface area contributed by atoms with E-state index in [2.05, 4.69) is 0 Å². The predicted molar refractivity (Wildman–Crippen MR) is 357 cm³/mol. The molecule has 6 fully saturated rings. The summed E-state index contributed by atoms with van der Waals surface area (Å²) in [7, 11) is -36.8. The Labute approximate surface area is 575 Å². The van der Waals surface area contributed by atoms with Crippen molar-refractivity contribution in [3.05, 3.63) is 0 Å². The summed E-state index contributed by atoms with van der Waals surface area (Å²) in [6.45, 7) is 27.5. The van der Waals surface area contributed by atoms with Gasteiger partial charge in [0.1, 0.15) is 42.7 Å². The molecule has 0 aliphatic carbocycles. The summed E-state index contributed by atoms with van der Waals surface area (Å²) in [5.41, 5.74) is -3.59. The van der Waals surface area contributed by atoms with Gasteiger partial charge in [0.2, 0.25) is 0 Å². The molecule has 0 radical (unpaired) electrons. The van der Waals surface area contributed by atoms with E-state index in [1.807, 2.05) is 6.92 Å². The molecule has 0 aromatic heterocycles. The second-order valence-electron chi connectivity index (χ2n) is 27.4. The highest BCUT2D eigenvalue weighted by Crippen LogP contribution is 2.58. The third-order valence-corrected chi connectivity index (χ3v) is 31.0. The van der Waals surface area contributed by atoms with Crippen LogP contribution in [-0.4, -0.2) is 227 Å². The Balaban J connectivity index is 0.000000333. The molecule has 582 valence electrons. The first-order valence-electron chi connectivity index (χ1n) is 32.7. The third kappa shape index (κ3) is 29.5. The topological polar surface area (TPSA) is 493 Å². The number of rotatable bonds is 35. The maximum atomic E-state index is 13.2. The molecule has 6 aliphatic heterocycles. The lowest BCUT2D eigenvalue weighted by atomic mass is 10.1. The van der Waals surface area contributed by atoms with Crippen molar-refractivity contribution in [2.45, 2.75) is 307 Å². The maximum Gasteiger partial charge on any atom is 0.472 e. The summed E-state index contributed by atoms with van der Waals surface area (Å²) in [5.74, 6) is 0.